The fourth-order valence-corrected chi connectivity index (χ4v) is 3.67. The third kappa shape index (κ3) is 8.28. The van der Waals surface area contributed by atoms with Crippen molar-refractivity contribution < 1.29 is 19.7 Å². The quantitative estimate of drug-likeness (QED) is 0.366. The molecule has 27 heavy (non-hydrogen) atoms. The molecular weight excluding hydrogens is 340 g/mol. The summed E-state index contributed by atoms with van der Waals surface area (Å²) in [6.07, 6.45) is 13.8. The van der Waals surface area contributed by atoms with Crippen molar-refractivity contribution in [2.75, 3.05) is 13.7 Å². The molecule has 0 heterocycles. The highest BCUT2D eigenvalue weighted by molar-refractivity contribution is 5.84. The lowest BCUT2D eigenvalue weighted by Crippen LogP contribution is -2.28. The molecule has 1 aliphatic carbocycles. The minimum atomic E-state index is -0.639. The fraction of sp³-hybridized carbons (Fsp3) is 0.783. The Bertz CT molecular complexity index is 481. The monoisotopic (exact) mass is 380 g/mol. The Morgan fingerprint density at radius 1 is 1.26 bits per heavy atom. The number of unbranched alkanes of at least 4 members (excludes halogenated alkanes) is 3. The van der Waals surface area contributed by atoms with Crippen LogP contribution < -0.4 is 0 Å². The van der Waals surface area contributed by atoms with Crippen molar-refractivity contribution in [2.24, 2.45) is 17.3 Å². The smallest absolute Gasteiger partial charge is 0.139 e. The molecule has 0 aromatic heterocycles. The summed E-state index contributed by atoms with van der Waals surface area (Å²) in [5.41, 5.74) is -0.197. The summed E-state index contributed by atoms with van der Waals surface area (Å²) < 4.78 is 5.04. The van der Waals surface area contributed by atoms with E-state index in [1.54, 1.807) is 13.2 Å². The lowest BCUT2D eigenvalue weighted by molar-refractivity contribution is -0.121. The Kier molecular flexibility index (Phi) is 11.1. The molecule has 4 heteroatoms. The zero-order chi connectivity index (χ0) is 20.3. The van der Waals surface area contributed by atoms with Crippen LogP contribution in [0.15, 0.2) is 24.3 Å². The van der Waals surface area contributed by atoms with E-state index in [1.807, 2.05) is 6.08 Å². The SMILES string of the molecule is CCCCC(C)(C)[C@H](O)/C=C/[C@@H]1C(C/C=C\CCCCOC)C(=O)C[C@H]1O. The third-order valence-corrected chi connectivity index (χ3v) is 5.75. The summed E-state index contributed by atoms with van der Waals surface area (Å²) >= 11 is 0. The number of ketones is 1. The first-order valence-corrected chi connectivity index (χ1v) is 10.5. The zero-order valence-corrected chi connectivity index (χ0v) is 17.7. The molecule has 1 fully saturated rings. The van der Waals surface area contributed by atoms with E-state index >= 15 is 0 Å². The van der Waals surface area contributed by atoms with Gasteiger partial charge >= 0.3 is 0 Å². The van der Waals surface area contributed by atoms with Gasteiger partial charge in [-0.15, -0.1) is 0 Å². The van der Waals surface area contributed by atoms with Crippen molar-refractivity contribution in [3.63, 3.8) is 0 Å². The molecule has 1 saturated carbocycles. The normalized spacial score (nSPS) is 25.1. The number of aliphatic hydroxyl groups excluding tert-OH is 2. The number of hydrogen-bond donors (Lipinski definition) is 2. The molecule has 0 amide bonds. The number of methoxy groups -OCH3 is 1. The van der Waals surface area contributed by atoms with Crippen LogP contribution in [0.2, 0.25) is 0 Å². The van der Waals surface area contributed by atoms with E-state index in [2.05, 4.69) is 32.9 Å². The van der Waals surface area contributed by atoms with Gasteiger partial charge in [-0.1, -0.05) is 57.9 Å². The lowest BCUT2D eigenvalue weighted by Gasteiger charge is -2.29. The summed E-state index contributed by atoms with van der Waals surface area (Å²) in [5.74, 6) is -0.259. The van der Waals surface area contributed by atoms with Gasteiger partial charge in [-0.3, -0.25) is 4.79 Å². The largest absolute Gasteiger partial charge is 0.392 e. The second-order valence-electron chi connectivity index (χ2n) is 8.54. The van der Waals surface area contributed by atoms with Crippen molar-refractivity contribution in [1.29, 1.82) is 0 Å². The highest BCUT2D eigenvalue weighted by atomic mass is 16.5. The zero-order valence-electron chi connectivity index (χ0n) is 17.7. The number of carbonyl (C=O) groups is 1. The Balaban J connectivity index is 2.60. The van der Waals surface area contributed by atoms with Crippen molar-refractivity contribution in [1.82, 2.24) is 0 Å². The average Bonchev–Trinajstić information content (AvgIpc) is 2.90. The van der Waals surface area contributed by atoms with Crippen LogP contribution in [0, 0.1) is 17.3 Å². The van der Waals surface area contributed by atoms with Crippen molar-refractivity contribution in [3.8, 4) is 0 Å². The van der Waals surface area contributed by atoms with Crippen LogP contribution in [0.4, 0.5) is 0 Å². The summed E-state index contributed by atoms with van der Waals surface area (Å²) in [6, 6.07) is 0. The van der Waals surface area contributed by atoms with Gasteiger partial charge in [-0.2, -0.15) is 0 Å². The van der Waals surface area contributed by atoms with E-state index in [1.165, 1.54) is 0 Å². The first-order valence-electron chi connectivity index (χ1n) is 10.5. The third-order valence-electron chi connectivity index (χ3n) is 5.75. The van der Waals surface area contributed by atoms with Crippen LogP contribution in [0.3, 0.4) is 0 Å². The summed E-state index contributed by atoms with van der Waals surface area (Å²) in [4.78, 5) is 12.3. The second-order valence-corrected chi connectivity index (χ2v) is 8.54. The minimum Gasteiger partial charge on any atom is -0.392 e. The number of ether oxygens (including phenoxy) is 1. The second kappa shape index (κ2) is 12.5. The molecule has 0 spiro atoms. The molecule has 4 nitrogen and oxygen atoms in total. The summed E-state index contributed by atoms with van der Waals surface area (Å²) in [5, 5.41) is 20.8. The first-order chi connectivity index (χ1) is 12.8. The number of rotatable bonds is 13. The summed E-state index contributed by atoms with van der Waals surface area (Å²) in [6.45, 7) is 7.06. The van der Waals surface area contributed by atoms with Gasteiger partial charge in [0.1, 0.15) is 5.78 Å². The van der Waals surface area contributed by atoms with Gasteiger partial charge in [-0.25, -0.2) is 0 Å². The van der Waals surface area contributed by atoms with Gasteiger partial charge in [-0.05, 0) is 37.5 Å². The van der Waals surface area contributed by atoms with Crippen molar-refractivity contribution in [2.45, 2.75) is 84.3 Å². The molecule has 156 valence electrons. The van der Waals surface area contributed by atoms with Crippen molar-refractivity contribution >= 4 is 5.78 Å². The van der Waals surface area contributed by atoms with Gasteiger partial charge in [0.25, 0.3) is 0 Å². The predicted molar refractivity (Wildman–Crippen MR) is 111 cm³/mol. The molecule has 0 saturated heterocycles. The number of hydrogen-bond acceptors (Lipinski definition) is 4. The molecule has 1 aliphatic rings. The highest BCUT2D eigenvalue weighted by Gasteiger charge is 2.39. The molecule has 0 aromatic carbocycles. The van der Waals surface area contributed by atoms with E-state index < -0.39 is 12.2 Å². The van der Waals surface area contributed by atoms with Crippen LogP contribution in [0.1, 0.15) is 72.1 Å². The molecule has 0 bridgehead atoms. The van der Waals surface area contributed by atoms with E-state index in [0.717, 1.165) is 45.1 Å². The molecule has 2 N–H and O–H groups in total. The molecule has 4 atom stereocenters. The van der Waals surface area contributed by atoms with Gasteiger partial charge < -0.3 is 14.9 Å². The fourth-order valence-electron chi connectivity index (χ4n) is 3.67. The maximum atomic E-state index is 12.3. The van der Waals surface area contributed by atoms with Crippen LogP contribution in [-0.2, 0) is 9.53 Å². The molecule has 0 radical (unpaired) electrons. The van der Waals surface area contributed by atoms with E-state index in [4.69, 9.17) is 4.74 Å². The lowest BCUT2D eigenvalue weighted by atomic mass is 9.80. The van der Waals surface area contributed by atoms with E-state index in [0.29, 0.717) is 6.42 Å². The Labute approximate surface area is 165 Å². The molecule has 0 aromatic rings. The number of Topliss-reactive ketones (excluding diaryl/α,β-unsaturated/α-hetero) is 1. The summed E-state index contributed by atoms with van der Waals surface area (Å²) in [7, 11) is 1.71. The Morgan fingerprint density at radius 3 is 2.67 bits per heavy atom. The number of carbonyl (C=O) groups excluding carboxylic acids is 1. The molecule has 0 aliphatic heterocycles. The molecule has 1 unspecified atom stereocenters. The molecular formula is C23H40O4. The van der Waals surface area contributed by atoms with E-state index in [-0.39, 0.29) is 29.5 Å². The van der Waals surface area contributed by atoms with Gasteiger partial charge in [0.05, 0.1) is 12.2 Å². The maximum absolute atomic E-state index is 12.3. The minimum absolute atomic E-state index is 0.126. The van der Waals surface area contributed by atoms with Crippen LogP contribution >= 0.6 is 0 Å². The van der Waals surface area contributed by atoms with Crippen LogP contribution in [-0.4, -0.2) is 41.9 Å². The highest BCUT2D eigenvalue weighted by Crippen LogP contribution is 2.35. The predicted octanol–water partition coefficient (Wildman–Crippen LogP) is 4.45. The van der Waals surface area contributed by atoms with Gasteiger partial charge in [0.15, 0.2) is 0 Å². The maximum Gasteiger partial charge on any atom is 0.139 e. The standard InChI is InChI=1S/C23H40O4/c1-5-6-15-23(2,3)22(26)14-13-19-18(20(24)17-21(19)25)12-10-8-7-9-11-16-27-4/h8,10,13-14,18-19,21-22,25-26H,5-7,9,11-12,15-17H2,1-4H3/b10-8-,14-13+/t18?,19-,21-,22-/m1/s1. The van der Waals surface area contributed by atoms with E-state index in [9.17, 15) is 15.0 Å². The van der Waals surface area contributed by atoms with Crippen LogP contribution in [0.5, 0.6) is 0 Å². The average molecular weight is 381 g/mol. The Morgan fingerprint density at radius 2 is 2.00 bits per heavy atom. The number of allylic oxidation sites excluding steroid dienone is 2. The van der Waals surface area contributed by atoms with Crippen molar-refractivity contribution in [3.05, 3.63) is 24.3 Å². The number of aliphatic hydroxyl groups is 2. The topological polar surface area (TPSA) is 66.8 Å². The first kappa shape index (κ1) is 24.1. The Hall–Kier alpha value is -0.970. The van der Waals surface area contributed by atoms with Crippen LogP contribution in [0.25, 0.3) is 0 Å². The van der Waals surface area contributed by atoms with Gasteiger partial charge in [0.2, 0.25) is 0 Å². The molecule has 1 rings (SSSR count). The van der Waals surface area contributed by atoms with Gasteiger partial charge in [0, 0.05) is 32.0 Å².